The minimum Gasteiger partial charge on any atom is -0.224 e. The molecule has 1 aromatic carbocycles. The van der Waals surface area contributed by atoms with E-state index in [-0.39, 0.29) is 0 Å². The maximum atomic E-state index is 11.3. The third-order valence-electron chi connectivity index (χ3n) is 2.55. The minimum absolute atomic E-state index is 0.383. The van der Waals surface area contributed by atoms with Crippen molar-refractivity contribution in [2.45, 2.75) is 35.5 Å². The van der Waals surface area contributed by atoms with E-state index in [4.69, 9.17) is 11.6 Å². The van der Waals surface area contributed by atoms with Gasteiger partial charge in [0, 0.05) is 17.0 Å². The highest BCUT2D eigenvalue weighted by atomic mass is 35.5. The maximum absolute atomic E-state index is 11.3. The molecular weight excluding hydrogens is 288 g/mol. The molecule has 0 aliphatic carbocycles. The topological polar surface area (TPSA) is 34.1 Å². The number of halogens is 1. The molecule has 0 aromatic heterocycles. The summed E-state index contributed by atoms with van der Waals surface area (Å²) in [5.74, 6) is 1.82. The van der Waals surface area contributed by atoms with Gasteiger partial charge in [-0.25, -0.2) is 8.42 Å². The molecule has 0 spiro atoms. The summed E-state index contributed by atoms with van der Waals surface area (Å²) in [6.07, 6.45) is 5.90. The first-order valence-corrected chi connectivity index (χ1v) is 9.44. The lowest BCUT2D eigenvalue weighted by molar-refractivity contribution is 0.602. The third-order valence-corrected chi connectivity index (χ3v) is 5.04. The van der Waals surface area contributed by atoms with Crippen molar-refractivity contribution in [3.8, 4) is 0 Å². The Morgan fingerprint density at radius 2 is 1.67 bits per heavy atom. The SMILES string of the molecule is CS(=O)(=O)c1ccc(SCCCCCCCl)cc1. The molecule has 0 aliphatic rings. The molecule has 18 heavy (non-hydrogen) atoms. The number of hydrogen-bond donors (Lipinski definition) is 0. The summed E-state index contributed by atoms with van der Waals surface area (Å²) in [7, 11) is -3.08. The average Bonchev–Trinajstić information content (AvgIpc) is 2.33. The van der Waals surface area contributed by atoms with Crippen molar-refractivity contribution in [2.24, 2.45) is 0 Å². The molecule has 0 fully saturated rings. The van der Waals surface area contributed by atoms with Crippen LogP contribution in [-0.4, -0.2) is 26.3 Å². The quantitative estimate of drug-likeness (QED) is 0.414. The number of benzene rings is 1. The Kier molecular flexibility index (Phi) is 7.12. The predicted molar refractivity (Wildman–Crippen MR) is 79.5 cm³/mol. The van der Waals surface area contributed by atoms with Crippen molar-refractivity contribution in [1.82, 2.24) is 0 Å². The van der Waals surface area contributed by atoms with Crippen molar-refractivity contribution >= 4 is 33.2 Å². The summed E-state index contributed by atoms with van der Waals surface area (Å²) in [6, 6.07) is 7.09. The normalized spacial score (nSPS) is 11.7. The van der Waals surface area contributed by atoms with Gasteiger partial charge in [-0.2, -0.15) is 0 Å². The first-order chi connectivity index (χ1) is 8.54. The maximum Gasteiger partial charge on any atom is 0.175 e. The Morgan fingerprint density at radius 1 is 1.06 bits per heavy atom. The molecule has 0 bridgehead atoms. The van der Waals surface area contributed by atoms with E-state index in [1.807, 2.05) is 12.1 Å². The van der Waals surface area contributed by atoms with Crippen LogP contribution in [0.3, 0.4) is 0 Å². The first kappa shape index (κ1) is 15.9. The van der Waals surface area contributed by atoms with Crippen molar-refractivity contribution < 1.29 is 8.42 Å². The molecule has 5 heteroatoms. The van der Waals surface area contributed by atoms with Gasteiger partial charge in [0.05, 0.1) is 4.90 Å². The lowest BCUT2D eigenvalue weighted by atomic mass is 10.2. The molecule has 102 valence electrons. The van der Waals surface area contributed by atoms with Crippen LogP contribution in [0.5, 0.6) is 0 Å². The van der Waals surface area contributed by atoms with E-state index in [1.165, 1.54) is 25.5 Å². The summed E-state index contributed by atoms with van der Waals surface area (Å²) in [4.78, 5) is 1.51. The number of alkyl halides is 1. The summed E-state index contributed by atoms with van der Waals surface area (Å²) >= 11 is 7.38. The van der Waals surface area contributed by atoms with E-state index < -0.39 is 9.84 Å². The van der Waals surface area contributed by atoms with E-state index in [1.54, 1.807) is 23.9 Å². The zero-order chi connectivity index (χ0) is 13.4. The van der Waals surface area contributed by atoms with Crippen LogP contribution < -0.4 is 0 Å². The second kappa shape index (κ2) is 8.08. The minimum atomic E-state index is -3.08. The van der Waals surface area contributed by atoms with Crippen molar-refractivity contribution in [3.05, 3.63) is 24.3 Å². The summed E-state index contributed by atoms with van der Waals surface area (Å²) < 4.78 is 22.6. The second-order valence-electron chi connectivity index (χ2n) is 4.20. The molecule has 2 nitrogen and oxygen atoms in total. The molecule has 1 aromatic rings. The van der Waals surface area contributed by atoms with E-state index in [2.05, 4.69) is 0 Å². The van der Waals surface area contributed by atoms with Crippen molar-refractivity contribution in [1.29, 1.82) is 0 Å². The number of rotatable bonds is 8. The molecule has 0 heterocycles. The summed E-state index contributed by atoms with van der Waals surface area (Å²) in [5.41, 5.74) is 0. The van der Waals surface area contributed by atoms with Crippen LogP contribution in [0.2, 0.25) is 0 Å². The van der Waals surface area contributed by atoms with Crippen molar-refractivity contribution in [3.63, 3.8) is 0 Å². The molecular formula is C13H19ClO2S2. The van der Waals surface area contributed by atoms with Crippen LogP contribution in [0.25, 0.3) is 0 Å². The van der Waals surface area contributed by atoms with Crippen LogP contribution in [-0.2, 0) is 9.84 Å². The number of hydrogen-bond acceptors (Lipinski definition) is 3. The van der Waals surface area contributed by atoms with Gasteiger partial charge in [0.25, 0.3) is 0 Å². The Bertz CT molecular complexity index is 441. The molecule has 0 N–H and O–H groups in total. The van der Waals surface area contributed by atoms with E-state index in [0.717, 1.165) is 22.9 Å². The number of unbranched alkanes of at least 4 members (excludes halogenated alkanes) is 3. The second-order valence-corrected chi connectivity index (χ2v) is 7.76. The molecule has 0 unspecified atom stereocenters. The van der Waals surface area contributed by atoms with Gasteiger partial charge in [0.15, 0.2) is 9.84 Å². The zero-order valence-electron chi connectivity index (χ0n) is 10.6. The molecule has 0 atom stereocenters. The van der Waals surface area contributed by atoms with Crippen LogP contribution >= 0.6 is 23.4 Å². The summed E-state index contributed by atoms with van der Waals surface area (Å²) in [6.45, 7) is 0. The van der Waals surface area contributed by atoms with Gasteiger partial charge in [-0.3, -0.25) is 0 Å². The average molecular weight is 307 g/mol. The zero-order valence-corrected chi connectivity index (χ0v) is 13.0. The molecule has 0 saturated heterocycles. The van der Waals surface area contributed by atoms with Gasteiger partial charge >= 0.3 is 0 Å². The van der Waals surface area contributed by atoms with Gasteiger partial charge in [0.2, 0.25) is 0 Å². The van der Waals surface area contributed by atoms with Crippen LogP contribution in [0.15, 0.2) is 34.1 Å². The smallest absolute Gasteiger partial charge is 0.175 e. The largest absolute Gasteiger partial charge is 0.224 e. The predicted octanol–water partition coefficient (Wildman–Crippen LogP) is 3.98. The molecule has 0 saturated carbocycles. The highest BCUT2D eigenvalue weighted by Gasteiger charge is 2.05. The van der Waals surface area contributed by atoms with Crippen LogP contribution in [0, 0.1) is 0 Å². The van der Waals surface area contributed by atoms with Gasteiger partial charge in [-0.05, 0) is 42.9 Å². The lowest BCUT2D eigenvalue weighted by Gasteiger charge is -2.03. The molecule has 0 aliphatic heterocycles. The Labute approximate surface area is 119 Å². The fourth-order valence-electron chi connectivity index (χ4n) is 1.52. The third kappa shape index (κ3) is 6.12. The fraction of sp³-hybridized carbons (Fsp3) is 0.538. The Balaban J connectivity index is 2.32. The van der Waals surface area contributed by atoms with E-state index in [0.29, 0.717) is 4.90 Å². The van der Waals surface area contributed by atoms with Gasteiger partial charge in [-0.15, -0.1) is 23.4 Å². The van der Waals surface area contributed by atoms with E-state index >= 15 is 0 Å². The highest BCUT2D eigenvalue weighted by molar-refractivity contribution is 7.99. The molecule has 1 rings (SSSR count). The lowest BCUT2D eigenvalue weighted by Crippen LogP contribution is -1.96. The van der Waals surface area contributed by atoms with Gasteiger partial charge < -0.3 is 0 Å². The standard InChI is InChI=1S/C13H19ClO2S2/c1-18(15,16)13-8-6-12(7-9-13)17-11-5-3-2-4-10-14/h6-9H,2-5,10-11H2,1H3. The highest BCUT2D eigenvalue weighted by Crippen LogP contribution is 2.21. The molecule has 0 amide bonds. The van der Waals surface area contributed by atoms with Gasteiger partial charge in [0.1, 0.15) is 0 Å². The number of sulfone groups is 1. The van der Waals surface area contributed by atoms with E-state index in [9.17, 15) is 8.42 Å². The molecule has 0 radical (unpaired) electrons. The fourth-order valence-corrected chi connectivity index (χ4v) is 3.26. The van der Waals surface area contributed by atoms with Crippen LogP contribution in [0.4, 0.5) is 0 Å². The first-order valence-electron chi connectivity index (χ1n) is 6.03. The Hall–Kier alpha value is -0.190. The van der Waals surface area contributed by atoms with Gasteiger partial charge in [-0.1, -0.05) is 12.8 Å². The Morgan fingerprint density at radius 3 is 2.22 bits per heavy atom. The number of thioether (sulfide) groups is 1. The van der Waals surface area contributed by atoms with Crippen molar-refractivity contribution in [2.75, 3.05) is 17.9 Å². The monoisotopic (exact) mass is 306 g/mol. The summed E-state index contributed by atoms with van der Waals surface area (Å²) in [5, 5.41) is 0. The van der Waals surface area contributed by atoms with Crippen LogP contribution in [0.1, 0.15) is 25.7 Å².